The van der Waals surface area contributed by atoms with E-state index in [2.05, 4.69) is 91.9 Å². The van der Waals surface area contributed by atoms with E-state index in [1.807, 2.05) is 6.07 Å². The van der Waals surface area contributed by atoms with Crippen LogP contribution in [0.5, 0.6) is 0 Å². The molecule has 0 saturated carbocycles. The van der Waals surface area contributed by atoms with E-state index in [9.17, 15) is 0 Å². The summed E-state index contributed by atoms with van der Waals surface area (Å²) in [5.41, 5.74) is 3.77. The fourth-order valence-electron chi connectivity index (χ4n) is 2.43. The molecule has 1 aliphatic carbocycles. The third kappa shape index (κ3) is 3.38. The molecule has 0 bridgehead atoms. The standard InChI is InChI=1S/C17H23N3/c1-18(2)20(19(3)4)17-13-9-8-12-16(17)14-15-10-6-5-7-11-15/h5-11,13-14H,12H2,1-4H3. The van der Waals surface area contributed by atoms with Crippen LogP contribution in [0.15, 0.2) is 59.8 Å². The first-order chi connectivity index (χ1) is 9.59. The molecule has 0 heterocycles. The third-order valence-corrected chi connectivity index (χ3v) is 3.17. The first kappa shape index (κ1) is 14.6. The Morgan fingerprint density at radius 1 is 0.950 bits per heavy atom. The first-order valence-corrected chi connectivity index (χ1v) is 6.87. The number of hydrogen-bond donors (Lipinski definition) is 0. The van der Waals surface area contributed by atoms with Crippen LogP contribution in [0.3, 0.4) is 0 Å². The minimum Gasteiger partial charge on any atom is -0.237 e. The van der Waals surface area contributed by atoms with Gasteiger partial charge in [0.1, 0.15) is 0 Å². The molecule has 2 rings (SSSR count). The molecule has 106 valence electrons. The fraction of sp³-hybridized carbons (Fsp3) is 0.294. The Kier molecular flexibility index (Phi) is 4.77. The van der Waals surface area contributed by atoms with Gasteiger partial charge in [0.2, 0.25) is 0 Å². The van der Waals surface area contributed by atoms with E-state index in [4.69, 9.17) is 0 Å². The SMILES string of the molecule is CN(C)N(C1=CC=CCC1=Cc1ccccc1)N(C)C. The Hall–Kier alpha value is -1.84. The highest BCUT2D eigenvalue weighted by atomic mass is 15.8. The summed E-state index contributed by atoms with van der Waals surface area (Å²) in [4.78, 5) is 0. The van der Waals surface area contributed by atoms with Crippen LogP contribution in [0.1, 0.15) is 12.0 Å². The van der Waals surface area contributed by atoms with Gasteiger partial charge in [-0.25, -0.2) is 15.1 Å². The maximum absolute atomic E-state index is 2.26. The maximum atomic E-state index is 2.26. The molecular weight excluding hydrogens is 246 g/mol. The van der Waals surface area contributed by atoms with Crippen molar-refractivity contribution in [1.29, 1.82) is 0 Å². The van der Waals surface area contributed by atoms with E-state index in [-0.39, 0.29) is 0 Å². The number of benzene rings is 1. The van der Waals surface area contributed by atoms with Crippen molar-refractivity contribution in [2.24, 2.45) is 0 Å². The van der Waals surface area contributed by atoms with Crippen molar-refractivity contribution in [2.75, 3.05) is 28.2 Å². The van der Waals surface area contributed by atoms with Crippen LogP contribution in [0.4, 0.5) is 0 Å². The van der Waals surface area contributed by atoms with E-state index in [0.29, 0.717) is 0 Å². The van der Waals surface area contributed by atoms with E-state index >= 15 is 0 Å². The molecule has 0 spiro atoms. The summed E-state index contributed by atoms with van der Waals surface area (Å²) >= 11 is 0. The normalized spacial score (nSPS) is 16.9. The van der Waals surface area contributed by atoms with Crippen LogP contribution < -0.4 is 0 Å². The Balaban J connectivity index is 2.36. The predicted octanol–water partition coefficient (Wildman–Crippen LogP) is 3.17. The fourth-order valence-corrected chi connectivity index (χ4v) is 2.43. The lowest BCUT2D eigenvalue weighted by atomic mass is 10.0. The average molecular weight is 269 g/mol. The molecule has 0 radical (unpaired) electrons. The van der Waals surface area contributed by atoms with Gasteiger partial charge in [0.25, 0.3) is 0 Å². The topological polar surface area (TPSA) is 9.72 Å². The molecule has 1 aromatic rings. The van der Waals surface area contributed by atoms with Gasteiger partial charge in [0.05, 0.1) is 5.70 Å². The Morgan fingerprint density at radius 3 is 2.20 bits per heavy atom. The Bertz CT molecular complexity index is 516. The summed E-state index contributed by atoms with van der Waals surface area (Å²) < 4.78 is 0. The molecule has 0 unspecified atom stereocenters. The molecule has 0 saturated heterocycles. The second-order valence-corrected chi connectivity index (χ2v) is 5.25. The van der Waals surface area contributed by atoms with Gasteiger partial charge in [-0.3, -0.25) is 0 Å². The van der Waals surface area contributed by atoms with Crippen molar-refractivity contribution in [1.82, 2.24) is 15.1 Å². The summed E-state index contributed by atoms with van der Waals surface area (Å²) in [5, 5.41) is 6.34. The minimum atomic E-state index is 0.957. The summed E-state index contributed by atoms with van der Waals surface area (Å²) in [6.07, 6.45) is 9.70. The molecule has 1 aromatic carbocycles. The number of allylic oxidation sites excluding steroid dienone is 4. The lowest BCUT2D eigenvalue weighted by Crippen LogP contribution is -2.46. The van der Waals surface area contributed by atoms with Gasteiger partial charge in [-0.05, 0) is 29.7 Å². The van der Waals surface area contributed by atoms with Crippen LogP contribution in [0.25, 0.3) is 6.08 Å². The van der Waals surface area contributed by atoms with E-state index in [1.54, 1.807) is 0 Å². The third-order valence-electron chi connectivity index (χ3n) is 3.17. The smallest absolute Gasteiger partial charge is 0.0741 e. The zero-order valence-electron chi connectivity index (χ0n) is 12.7. The van der Waals surface area contributed by atoms with Crippen molar-refractivity contribution < 1.29 is 0 Å². The Labute approximate surface area is 122 Å². The summed E-state index contributed by atoms with van der Waals surface area (Å²) in [5.74, 6) is 0. The lowest BCUT2D eigenvalue weighted by molar-refractivity contribution is -0.0973. The van der Waals surface area contributed by atoms with Crippen LogP contribution in [-0.2, 0) is 0 Å². The quantitative estimate of drug-likeness (QED) is 0.777. The van der Waals surface area contributed by atoms with Gasteiger partial charge in [-0.15, -0.1) is 0 Å². The number of rotatable bonds is 4. The van der Waals surface area contributed by atoms with Gasteiger partial charge >= 0.3 is 0 Å². The minimum absolute atomic E-state index is 0.957. The first-order valence-electron chi connectivity index (χ1n) is 6.87. The zero-order valence-corrected chi connectivity index (χ0v) is 12.7. The maximum Gasteiger partial charge on any atom is 0.0741 e. The van der Waals surface area contributed by atoms with Gasteiger partial charge in [-0.1, -0.05) is 42.5 Å². The van der Waals surface area contributed by atoms with E-state index in [1.165, 1.54) is 16.8 Å². The summed E-state index contributed by atoms with van der Waals surface area (Å²) in [7, 11) is 8.22. The second kappa shape index (κ2) is 6.55. The van der Waals surface area contributed by atoms with Crippen molar-refractivity contribution >= 4 is 6.08 Å². The number of hydrazine groups is 2. The molecule has 0 fully saturated rings. The van der Waals surface area contributed by atoms with Crippen LogP contribution in [0, 0.1) is 0 Å². The van der Waals surface area contributed by atoms with Gasteiger partial charge in [-0.2, -0.15) is 0 Å². The predicted molar refractivity (Wildman–Crippen MR) is 85.5 cm³/mol. The monoisotopic (exact) mass is 269 g/mol. The highest BCUT2D eigenvalue weighted by molar-refractivity contribution is 5.59. The van der Waals surface area contributed by atoms with Crippen molar-refractivity contribution in [3.63, 3.8) is 0 Å². The molecule has 1 aliphatic rings. The van der Waals surface area contributed by atoms with Gasteiger partial charge in [0, 0.05) is 28.2 Å². The summed E-state index contributed by atoms with van der Waals surface area (Å²) in [6, 6.07) is 10.5. The second-order valence-electron chi connectivity index (χ2n) is 5.25. The molecule has 0 amide bonds. The molecule has 0 N–H and O–H groups in total. The molecule has 0 aromatic heterocycles. The zero-order chi connectivity index (χ0) is 14.5. The van der Waals surface area contributed by atoms with Crippen molar-refractivity contribution in [3.8, 4) is 0 Å². The number of hydrogen-bond acceptors (Lipinski definition) is 3. The van der Waals surface area contributed by atoms with Gasteiger partial charge < -0.3 is 0 Å². The van der Waals surface area contributed by atoms with Crippen LogP contribution in [-0.4, -0.2) is 43.3 Å². The molecular formula is C17H23N3. The van der Waals surface area contributed by atoms with Crippen molar-refractivity contribution in [2.45, 2.75) is 6.42 Å². The Morgan fingerprint density at radius 2 is 1.60 bits per heavy atom. The highest BCUT2D eigenvalue weighted by Crippen LogP contribution is 2.26. The van der Waals surface area contributed by atoms with Crippen molar-refractivity contribution in [3.05, 3.63) is 65.4 Å². The van der Waals surface area contributed by atoms with E-state index < -0.39 is 0 Å². The molecule has 3 nitrogen and oxygen atoms in total. The average Bonchev–Trinajstić information content (AvgIpc) is 2.41. The van der Waals surface area contributed by atoms with Crippen LogP contribution >= 0.6 is 0 Å². The molecule has 0 aliphatic heterocycles. The molecule has 0 atom stereocenters. The number of nitrogens with zero attached hydrogens (tertiary/aromatic N) is 3. The lowest BCUT2D eigenvalue weighted by Gasteiger charge is -2.39. The van der Waals surface area contributed by atoms with E-state index in [0.717, 1.165) is 6.42 Å². The largest absolute Gasteiger partial charge is 0.237 e. The van der Waals surface area contributed by atoms with Crippen LogP contribution in [0.2, 0.25) is 0 Å². The summed E-state index contributed by atoms with van der Waals surface area (Å²) in [6.45, 7) is 0. The van der Waals surface area contributed by atoms with Gasteiger partial charge in [0.15, 0.2) is 0 Å². The highest BCUT2D eigenvalue weighted by Gasteiger charge is 2.18. The molecule has 20 heavy (non-hydrogen) atoms. The molecule has 3 heteroatoms.